The smallest absolute Gasteiger partial charge is 0.251 e. The third-order valence-electron chi connectivity index (χ3n) is 7.09. The highest BCUT2D eigenvalue weighted by molar-refractivity contribution is 6.01. The summed E-state index contributed by atoms with van der Waals surface area (Å²) in [5.74, 6) is -0.211. The van der Waals surface area contributed by atoms with Gasteiger partial charge in [-0.1, -0.05) is 88.1 Å². The largest absolute Gasteiger partial charge is 0.361 e. The maximum atomic E-state index is 14.0. The highest BCUT2D eigenvalue weighted by Crippen LogP contribution is 2.21. The summed E-state index contributed by atoms with van der Waals surface area (Å²) in [5.41, 5.74) is 2.64. The average Bonchev–Trinajstić information content (AvgIpc) is 3.34. The molecular formula is C32H39N3O2. The fourth-order valence-electron chi connectivity index (χ4n) is 4.95. The molecule has 2 N–H and O–H groups in total. The van der Waals surface area contributed by atoms with Crippen LogP contribution < -0.4 is 5.32 Å². The van der Waals surface area contributed by atoms with Crippen LogP contribution in [0.4, 0.5) is 0 Å². The van der Waals surface area contributed by atoms with Gasteiger partial charge < -0.3 is 15.2 Å². The molecule has 5 nitrogen and oxygen atoms in total. The van der Waals surface area contributed by atoms with Crippen molar-refractivity contribution in [1.82, 2.24) is 15.2 Å². The highest BCUT2D eigenvalue weighted by atomic mass is 16.2. The van der Waals surface area contributed by atoms with E-state index in [9.17, 15) is 9.59 Å². The Kier molecular flexibility index (Phi) is 9.36. The van der Waals surface area contributed by atoms with Gasteiger partial charge in [0, 0.05) is 42.2 Å². The Morgan fingerprint density at radius 2 is 1.51 bits per heavy atom. The first-order valence-corrected chi connectivity index (χ1v) is 13.7. The fraction of sp³-hybridized carbons (Fsp3) is 0.375. The van der Waals surface area contributed by atoms with Gasteiger partial charge in [-0.3, -0.25) is 9.59 Å². The molecule has 0 aliphatic rings. The van der Waals surface area contributed by atoms with E-state index >= 15 is 0 Å². The van der Waals surface area contributed by atoms with E-state index in [-0.39, 0.29) is 11.8 Å². The van der Waals surface area contributed by atoms with Gasteiger partial charge in [0.1, 0.15) is 6.04 Å². The van der Waals surface area contributed by atoms with Crippen molar-refractivity contribution in [3.63, 3.8) is 0 Å². The maximum absolute atomic E-state index is 14.0. The van der Waals surface area contributed by atoms with Crippen molar-refractivity contribution >= 4 is 33.5 Å². The SMILES string of the molecule is CCCCCN(CCCCC)C(=O)[C@@H](Cc1c[nH]c2ccccc12)NC(=O)c1ccc2ccccc2c1. The Labute approximate surface area is 220 Å². The van der Waals surface area contributed by atoms with Gasteiger partial charge in [-0.05, 0) is 47.4 Å². The van der Waals surface area contributed by atoms with Crippen LogP contribution in [0.25, 0.3) is 21.7 Å². The lowest BCUT2D eigenvalue weighted by atomic mass is 10.0. The first-order valence-electron chi connectivity index (χ1n) is 13.7. The molecule has 4 aromatic rings. The lowest BCUT2D eigenvalue weighted by Crippen LogP contribution is -2.50. The van der Waals surface area contributed by atoms with Crippen LogP contribution in [-0.2, 0) is 11.2 Å². The molecule has 4 rings (SSSR count). The number of benzene rings is 3. The second kappa shape index (κ2) is 13.1. The molecule has 0 spiro atoms. The number of nitrogens with zero attached hydrogens (tertiary/aromatic N) is 1. The number of para-hydroxylation sites is 1. The average molecular weight is 498 g/mol. The quantitative estimate of drug-likeness (QED) is 0.198. The van der Waals surface area contributed by atoms with Gasteiger partial charge >= 0.3 is 0 Å². The van der Waals surface area contributed by atoms with E-state index in [1.165, 1.54) is 0 Å². The molecule has 2 amide bonds. The molecule has 0 radical (unpaired) electrons. The molecule has 3 aromatic carbocycles. The van der Waals surface area contributed by atoms with Gasteiger partial charge in [-0.2, -0.15) is 0 Å². The Bertz CT molecular complexity index is 1320. The summed E-state index contributed by atoms with van der Waals surface area (Å²) >= 11 is 0. The Hall–Kier alpha value is -3.60. The van der Waals surface area contributed by atoms with Crippen LogP contribution in [0.3, 0.4) is 0 Å². The van der Waals surface area contributed by atoms with Gasteiger partial charge in [-0.25, -0.2) is 0 Å². The van der Waals surface area contributed by atoms with Crippen molar-refractivity contribution < 1.29 is 9.59 Å². The standard InChI is InChI=1S/C32H39N3O2/c1-3-5-11-19-35(20-12-6-4-2)32(37)30(22-27-23-33-29-16-10-9-15-28(27)29)34-31(36)26-18-17-24-13-7-8-14-25(24)21-26/h7-10,13-18,21,23,30,33H,3-6,11-12,19-20,22H2,1-2H3,(H,34,36)/t30-/m1/s1. The topological polar surface area (TPSA) is 65.2 Å². The normalized spacial score (nSPS) is 12.1. The predicted molar refractivity (Wildman–Crippen MR) is 153 cm³/mol. The molecule has 1 atom stereocenters. The minimum atomic E-state index is -0.638. The number of fused-ring (bicyclic) bond motifs is 2. The molecule has 0 aliphatic carbocycles. The molecule has 0 unspecified atom stereocenters. The molecule has 0 aliphatic heterocycles. The summed E-state index contributed by atoms with van der Waals surface area (Å²) in [6.45, 7) is 5.80. The molecule has 1 heterocycles. The van der Waals surface area contributed by atoms with Crippen molar-refractivity contribution in [2.24, 2.45) is 0 Å². The van der Waals surface area contributed by atoms with Gasteiger partial charge in [0.05, 0.1) is 0 Å². The van der Waals surface area contributed by atoms with Crippen molar-refractivity contribution in [3.05, 3.63) is 84.1 Å². The Morgan fingerprint density at radius 3 is 2.24 bits per heavy atom. The number of nitrogens with one attached hydrogen (secondary N) is 2. The monoisotopic (exact) mass is 497 g/mol. The van der Waals surface area contributed by atoms with E-state index in [2.05, 4.69) is 30.2 Å². The van der Waals surface area contributed by atoms with Gasteiger partial charge in [-0.15, -0.1) is 0 Å². The number of rotatable bonds is 13. The molecule has 194 valence electrons. The van der Waals surface area contributed by atoms with Crippen molar-refractivity contribution in [2.75, 3.05) is 13.1 Å². The zero-order chi connectivity index (χ0) is 26.0. The summed E-state index contributed by atoms with van der Waals surface area (Å²) in [5, 5.41) is 6.30. The second-order valence-corrected chi connectivity index (χ2v) is 9.89. The summed E-state index contributed by atoms with van der Waals surface area (Å²) in [7, 11) is 0. The second-order valence-electron chi connectivity index (χ2n) is 9.89. The zero-order valence-corrected chi connectivity index (χ0v) is 22.1. The number of hydrogen-bond donors (Lipinski definition) is 2. The van der Waals surface area contributed by atoms with Crippen LogP contribution >= 0.6 is 0 Å². The zero-order valence-electron chi connectivity index (χ0n) is 22.1. The van der Waals surface area contributed by atoms with Crippen LogP contribution in [0.15, 0.2) is 72.9 Å². The lowest BCUT2D eigenvalue weighted by molar-refractivity contribution is -0.133. The van der Waals surface area contributed by atoms with E-state index in [0.717, 1.165) is 78.9 Å². The molecule has 1 aromatic heterocycles. The number of amides is 2. The van der Waals surface area contributed by atoms with E-state index in [4.69, 9.17) is 0 Å². The molecule has 5 heteroatoms. The minimum Gasteiger partial charge on any atom is -0.361 e. The van der Waals surface area contributed by atoms with Crippen LogP contribution in [0.2, 0.25) is 0 Å². The van der Waals surface area contributed by atoms with Crippen molar-refractivity contribution in [1.29, 1.82) is 0 Å². The first kappa shape index (κ1) is 26.5. The number of aromatic nitrogens is 1. The van der Waals surface area contributed by atoms with Crippen molar-refractivity contribution in [3.8, 4) is 0 Å². The third kappa shape index (κ3) is 6.79. The molecular weight excluding hydrogens is 458 g/mol. The summed E-state index contributed by atoms with van der Waals surface area (Å²) in [6, 6.07) is 21.2. The number of unbranched alkanes of at least 4 members (excludes halogenated alkanes) is 4. The summed E-state index contributed by atoms with van der Waals surface area (Å²) in [4.78, 5) is 32.7. The maximum Gasteiger partial charge on any atom is 0.251 e. The van der Waals surface area contributed by atoms with Gasteiger partial charge in [0.15, 0.2) is 0 Å². The third-order valence-corrected chi connectivity index (χ3v) is 7.09. The minimum absolute atomic E-state index is 0.00614. The number of carbonyl (C=O) groups excluding carboxylic acids is 2. The van der Waals surface area contributed by atoms with E-state index in [1.54, 1.807) is 0 Å². The number of hydrogen-bond acceptors (Lipinski definition) is 2. The van der Waals surface area contributed by atoms with Crippen LogP contribution in [0.5, 0.6) is 0 Å². The Balaban J connectivity index is 1.60. The number of H-pyrrole nitrogens is 1. The molecule has 0 saturated heterocycles. The molecule has 0 bridgehead atoms. The van der Waals surface area contributed by atoms with Crippen LogP contribution in [0, 0.1) is 0 Å². The highest BCUT2D eigenvalue weighted by Gasteiger charge is 2.27. The molecule has 0 fully saturated rings. The fourth-order valence-corrected chi connectivity index (χ4v) is 4.95. The summed E-state index contributed by atoms with van der Waals surface area (Å²) in [6.07, 6.45) is 8.76. The first-order chi connectivity index (χ1) is 18.1. The Morgan fingerprint density at radius 1 is 0.838 bits per heavy atom. The molecule has 37 heavy (non-hydrogen) atoms. The van der Waals surface area contributed by atoms with Crippen LogP contribution in [0.1, 0.15) is 68.3 Å². The predicted octanol–water partition coefficient (Wildman–Crippen LogP) is 6.87. The number of carbonyl (C=O) groups is 2. The van der Waals surface area contributed by atoms with Crippen molar-refractivity contribution in [2.45, 2.75) is 64.8 Å². The van der Waals surface area contributed by atoms with Gasteiger partial charge in [0.2, 0.25) is 5.91 Å². The van der Waals surface area contributed by atoms with E-state index in [0.29, 0.717) is 12.0 Å². The molecule has 0 saturated carbocycles. The van der Waals surface area contributed by atoms with Gasteiger partial charge in [0.25, 0.3) is 5.91 Å². The van der Waals surface area contributed by atoms with E-state index in [1.807, 2.05) is 71.8 Å². The lowest BCUT2D eigenvalue weighted by Gasteiger charge is -2.28. The number of aromatic amines is 1. The van der Waals surface area contributed by atoms with E-state index < -0.39 is 6.04 Å². The summed E-state index contributed by atoms with van der Waals surface area (Å²) < 4.78 is 0. The van der Waals surface area contributed by atoms with Crippen LogP contribution in [-0.4, -0.2) is 40.8 Å².